The zero-order chi connectivity index (χ0) is 8.89. The normalized spacial score (nSPS) is 19.2. The van der Waals surface area contributed by atoms with E-state index < -0.39 is 0 Å². The van der Waals surface area contributed by atoms with Gasteiger partial charge in [0.15, 0.2) is 10.5 Å². The number of hydrogen-bond donors (Lipinski definition) is 1. The smallest absolute Gasteiger partial charge is 0.189 e. The molecule has 0 saturated heterocycles. The van der Waals surface area contributed by atoms with Gasteiger partial charge < -0.3 is 5.73 Å². The highest BCUT2D eigenvalue weighted by molar-refractivity contribution is 7.18. The van der Waals surface area contributed by atoms with Crippen LogP contribution in [0.25, 0.3) is 10.5 Å². The Kier molecular flexibility index (Phi) is 1.27. The van der Waals surface area contributed by atoms with Crippen molar-refractivity contribution >= 4 is 21.8 Å². The lowest BCUT2D eigenvalue weighted by molar-refractivity contribution is 0.733. The quantitative estimate of drug-likeness (QED) is 0.733. The van der Waals surface area contributed by atoms with Crippen LogP contribution in [0, 0.1) is 0 Å². The molecule has 1 aliphatic rings. The van der Waals surface area contributed by atoms with Crippen molar-refractivity contribution in [2.24, 2.45) is 5.73 Å². The minimum absolute atomic E-state index is 0.160. The van der Waals surface area contributed by atoms with Crippen LogP contribution in [-0.4, -0.2) is 15.0 Å². The van der Waals surface area contributed by atoms with Gasteiger partial charge in [0.1, 0.15) is 5.01 Å². The Morgan fingerprint density at radius 1 is 1.31 bits per heavy atom. The number of thiazole rings is 1. The van der Waals surface area contributed by atoms with Gasteiger partial charge in [-0.15, -0.1) is 0 Å². The summed E-state index contributed by atoms with van der Waals surface area (Å²) in [6.07, 6.45) is 5.40. The van der Waals surface area contributed by atoms with Crippen LogP contribution in [0.15, 0.2) is 12.4 Å². The van der Waals surface area contributed by atoms with Crippen molar-refractivity contribution in [3.8, 4) is 0 Å². The molecular weight excluding hydrogens is 184 g/mol. The van der Waals surface area contributed by atoms with E-state index >= 15 is 0 Å². The van der Waals surface area contributed by atoms with Gasteiger partial charge in [0, 0.05) is 12.4 Å². The van der Waals surface area contributed by atoms with Crippen molar-refractivity contribution in [1.29, 1.82) is 0 Å². The lowest BCUT2D eigenvalue weighted by Crippen LogP contribution is -2.17. The highest BCUT2D eigenvalue weighted by atomic mass is 32.1. The first-order valence-corrected chi connectivity index (χ1v) is 4.96. The highest BCUT2D eigenvalue weighted by Gasteiger charge is 2.43. The number of nitrogens with zero attached hydrogens (tertiary/aromatic N) is 3. The molecule has 2 heterocycles. The lowest BCUT2D eigenvalue weighted by Gasteiger charge is -1.99. The molecule has 0 atom stereocenters. The summed E-state index contributed by atoms with van der Waals surface area (Å²) in [5.74, 6) is 0. The summed E-state index contributed by atoms with van der Waals surface area (Å²) in [5.41, 5.74) is 6.59. The van der Waals surface area contributed by atoms with Gasteiger partial charge in [-0.3, -0.25) is 0 Å². The molecule has 0 spiro atoms. The molecule has 2 aromatic heterocycles. The number of aromatic nitrogens is 3. The van der Waals surface area contributed by atoms with Gasteiger partial charge >= 0.3 is 0 Å². The molecule has 0 aliphatic heterocycles. The number of nitrogens with two attached hydrogens (primary N) is 1. The first-order valence-electron chi connectivity index (χ1n) is 4.15. The van der Waals surface area contributed by atoms with E-state index in [2.05, 4.69) is 15.0 Å². The summed E-state index contributed by atoms with van der Waals surface area (Å²) < 4.78 is 0. The van der Waals surface area contributed by atoms with Crippen LogP contribution in [0.4, 0.5) is 0 Å². The third kappa shape index (κ3) is 1.04. The summed E-state index contributed by atoms with van der Waals surface area (Å²) in [5, 5.41) is 0.980. The molecule has 0 amide bonds. The summed E-state index contributed by atoms with van der Waals surface area (Å²) in [6.45, 7) is 0. The Morgan fingerprint density at radius 2 is 2.08 bits per heavy atom. The van der Waals surface area contributed by atoms with E-state index in [9.17, 15) is 0 Å². The Labute approximate surface area is 78.8 Å². The van der Waals surface area contributed by atoms with Crippen LogP contribution in [0.3, 0.4) is 0 Å². The van der Waals surface area contributed by atoms with E-state index in [0.29, 0.717) is 0 Å². The second kappa shape index (κ2) is 2.24. The molecule has 0 bridgehead atoms. The molecule has 0 aromatic carbocycles. The minimum Gasteiger partial charge on any atom is -0.319 e. The predicted molar refractivity (Wildman–Crippen MR) is 50.3 cm³/mol. The van der Waals surface area contributed by atoms with E-state index in [4.69, 9.17) is 5.73 Å². The highest BCUT2D eigenvalue weighted by Crippen LogP contribution is 2.44. The van der Waals surface area contributed by atoms with E-state index in [1.165, 1.54) is 0 Å². The molecule has 5 heteroatoms. The molecule has 2 aromatic rings. The molecule has 1 aliphatic carbocycles. The molecule has 2 N–H and O–H groups in total. The van der Waals surface area contributed by atoms with E-state index in [1.54, 1.807) is 23.7 Å². The zero-order valence-corrected chi connectivity index (χ0v) is 7.71. The molecule has 13 heavy (non-hydrogen) atoms. The molecular formula is C8H8N4S. The third-order valence-electron chi connectivity index (χ3n) is 2.26. The van der Waals surface area contributed by atoms with Crippen molar-refractivity contribution in [3.63, 3.8) is 0 Å². The van der Waals surface area contributed by atoms with Crippen molar-refractivity contribution in [1.82, 2.24) is 15.0 Å². The third-order valence-corrected chi connectivity index (χ3v) is 3.43. The van der Waals surface area contributed by atoms with Crippen molar-refractivity contribution in [3.05, 3.63) is 17.4 Å². The van der Waals surface area contributed by atoms with Crippen molar-refractivity contribution in [2.75, 3.05) is 0 Å². The zero-order valence-electron chi connectivity index (χ0n) is 6.90. The maximum absolute atomic E-state index is 6.02. The summed E-state index contributed by atoms with van der Waals surface area (Å²) in [4.78, 5) is 13.6. The molecule has 66 valence electrons. The maximum Gasteiger partial charge on any atom is 0.189 e. The monoisotopic (exact) mass is 192 g/mol. The van der Waals surface area contributed by atoms with Gasteiger partial charge in [0.05, 0.1) is 5.54 Å². The Bertz CT molecular complexity index is 427. The second-order valence-corrected chi connectivity index (χ2v) is 4.34. The molecule has 4 nitrogen and oxygen atoms in total. The predicted octanol–water partition coefficient (Wildman–Crippen LogP) is 1.03. The van der Waals surface area contributed by atoms with E-state index in [-0.39, 0.29) is 5.54 Å². The van der Waals surface area contributed by atoms with Crippen molar-refractivity contribution in [2.45, 2.75) is 18.4 Å². The van der Waals surface area contributed by atoms with Crippen LogP contribution < -0.4 is 5.73 Å². The second-order valence-electron chi connectivity index (χ2n) is 3.36. The number of hydrogen-bond acceptors (Lipinski definition) is 5. The number of rotatable bonds is 1. The van der Waals surface area contributed by atoms with Gasteiger partial charge in [-0.25, -0.2) is 15.0 Å². The fourth-order valence-corrected chi connectivity index (χ4v) is 2.26. The van der Waals surface area contributed by atoms with Gasteiger partial charge in [0.25, 0.3) is 0 Å². The first-order chi connectivity index (χ1) is 6.28. The molecule has 3 rings (SSSR count). The average Bonchev–Trinajstić information content (AvgIpc) is 2.76. The van der Waals surface area contributed by atoms with Crippen molar-refractivity contribution < 1.29 is 0 Å². The maximum atomic E-state index is 6.02. The summed E-state index contributed by atoms with van der Waals surface area (Å²) in [7, 11) is 0. The fraction of sp³-hybridized carbons (Fsp3) is 0.375. The van der Waals surface area contributed by atoms with Crippen LogP contribution in [-0.2, 0) is 5.54 Å². The largest absolute Gasteiger partial charge is 0.319 e. The van der Waals surface area contributed by atoms with Crippen LogP contribution in [0.1, 0.15) is 17.8 Å². The molecule has 1 fully saturated rings. The lowest BCUT2D eigenvalue weighted by atomic mass is 10.3. The average molecular weight is 192 g/mol. The van der Waals surface area contributed by atoms with Gasteiger partial charge in [-0.2, -0.15) is 0 Å². The Hall–Kier alpha value is -1.07. The SMILES string of the molecule is NC1(c2nc3nccnc3s2)CC1. The van der Waals surface area contributed by atoms with Gasteiger partial charge in [-0.05, 0) is 12.8 Å². The Balaban J connectivity index is 2.22. The summed E-state index contributed by atoms with van der Waals surface area (Å²) in [6, 6.07) is 0. The summed E-state index contributed by atoms with van der Waals surface area (Å²) >= 11 is 1.56. The van der Waals surface area contributed by atoms with E-state index in [1.807, 2.05) is 0 Å². The van der Waals surface area contributed by atoms with Gasteiger partial charge in [0.2, 0.25) is 0 Å². The van der Waals surface area contributed by atoms with Gasteiger partial charge in [-0.1, -0.05) is 11.3 Å². The first kappa shape index (κ1) is 7.34. The minimum atomic E-state index is -0.160. The standard InChI is InChI=1S/C8H8N4S/c9-8(1-2-8)7-12-5-6(13-7)11-4-3-10-5/h3-4H,1-2,9H2. The van der Waals surface area contributed by atoms with Crippen LogP contribution >= 0.6 is 11.3 Å². The van der Waals surface area contributed by atoms with Crippen LogP contribution in [0.2, 0.25) is 0 Å². The fourth-order valence-electron chi connectivity index (χ4n) is 1.24. The molecule has 0 radical (unpaired) electrons. The number of fused-ring (bicyclic) bond motifs is 1. The Morgan fingerprint density at radius 3 is 2.77 bits per heavy atom. The topological polar surface area (TPSA) is 64.7 Å². The molecule has 0 unspecified atom stereocenters. The molecule has 1 saturated carbocycles. The van der Waals surface area contributed by atoms with Crippen LogP contribution in [0.5, 0.6) is 0 Å². The van der Waals surface area contributed by atoms with E-state index in [0.717, 1.165) is 28.3 Å².